The van der Waals surface area contributed by atoms with E-state index in [9.17, 15) is 5.11 Å². The number of ether oxygens (including phenoxy) is 2. The molecule has 1 saturated heterocycles. The van der Waals surface area contributed by atoms with E-state index in [1.807, 2.05) is 0 Å². The van der Waals surface area contributed by atoms with Gasteiger partial charge in [-0.15, -0.1) is 0 Å². The fourth-order valence-electron chi connectivity index (χ4n) is 1.67. The number of nitrogen functional groups attached to an aromatic ring is 1. The average Bonchev–Trinajstić information content (AvgIpc) is 2.75. The van der Waals surface area contributed by atoms with Crippen molar-refractivity contribution in [2.24, 2.45) is 0 Å². The van der Waals surface area contributed by atoms with Crippen LogP contribution in [0.2, 0.25) is 0 Å². The van der Waals surface area contributed by atoms with Gasteiger partial charge in [-0.3, -0.25) is 0 Å². The van der Waals surface area contributed by atoms with Gasteiger partial charge in [0, 0.05) is 19.6 Å². The average molecular weight is 240 g/mol. The van der Waals surface area contributed by atoms with Crippen LogP contribution in [-0.4, -0.2) is 47.5 Å². The first-order valence-corrected chi connectivity index (χ1v) is 5.33. The van der Waals surface area contributed by atoms with E-state index in [1.165, 1.54) is 13.4 Å². The second-order valence-electron chi connectivity index (χ2n) is 4.03. The molecule has 7 nitrogen and oxygen atoms in total. The standard InChI is InChI=1S/C10H16N4O3/c1-16-9-7(11)8(13-6-14-9)12-4-10(15)2-3-17-5-10/h6,15H,2-5,11H2,1H3,(H,12,13,14). The summed E-state index contributed by atoms with van der Waals surface area (Å²) >= 11 is 0. The summed E-state index contributed by atoms with van der Waals surface area (Å²) < 4.78 is 10.1. The Labute approximate surface area is 99.0 Å². The highest BCUT2D eigenvalue weighted by molar-refractivity contribution is 5.66. The second-order valence-corrected chi connectivity index (χ2v) is 4.03. The number of hydrogen-bond donors (Lipinski definition) is 3. The number of methoxy groups -OCH3 is 1. The van der Waals surface area contributed by atoms with Crippen molar-refractivity contribution in [2.45, 2.75) is 12.0 Å². The first kappa shape index (κ1) is 11.9. The van der Waals surface area contributed by atoms with Crippen LogP contribution in [0.25, 0.3) is 0 Å². The Kier molecular flexibility index (Phi) is 3.30. The molecule has 94 valence electrons. The van der Waals surface area contributed by atoms with Crippen LogP contribution >= 0.6 is 0 Å². The first-order chi connectivity index (χ1) is 8.14. The Bertz CT molecular complexity index is 393. The van der Waals surface area contributed by atoms with Crippen LogP contribution in [0.4, 0.5) is 11.5 Å². The molecule has 0 spiro atoms. The van der Waals surface area contributed by atoms with E-state index in [0.717, 1.165) is 0 Å². The molecule has 7 heteroatoms. The molecule has 4 N–H and O–H groups in total. The maximum atomic E-state index is 10.1. The Morgan fingerprint density at radius 2 is 2.47 bits per heavy atom. The summed E-state index contributed by atoms with van der Waals surface area (Å²) in [5.41, 5.74) is 5.27. The van der Waals surface area contributed by atoms with Gasteiger partial charge < -0.3 is 25.6 Å². The summed E-state index contributed by atoms with van der Waals surface area (Å²) in [6.07, 6.45) is 1.95. The normalized spacial score (nSPS) is 23.6. The van der Waals surface area contributed by atoms with Gasteiger partial charge in [0.15, 0.2) is 5.82 Å². The fraction of sp³-hybridized carbons (Fsp3) is 0.600. The third-order valence-electron chi connectivity index (χ3n) is 2.71. The van der Waals surface area contributed by atoms with Crippen LogP contribution in [0.5, 0.6) is 5.88 Å². The lowest BCUT2D eigenvalue weighted by atomic mass is 10.0. The van der Waals surface area contributed by atoms with Gasteiger partial charge in [0.25, 0.3) is 0 Å². The number of anilines is 2. The summed E-state index contributed by atoms with van der Waals surface area (Å²) in [5, 5.41) is 13.1. The van der Waals surface area contributed by atoms with E-state index in [-0.39, 0.29) is 0 Å². The molecule has 1 unspecified atom stereocenters. The minimum atomic E-state index is -0.857. The highest BCUT2D eigenvalue weighted by Gasteiger charge is 2.32. The van der Waals surface area contributed by atoms with Crippen LogP contribution in [0.1, 0.15) is 6.42 Å². The Morgan fingerprint density at radius 1 is 1.65 bits per heavy atom. The van der Waals surface area contributed by atoms with E-state index in [1.54, 1.807) is 0 Å². The Morgan fingerprint density at radius 3 is 3.12 bits per heavy atom. The molecule has 1 aliphatic rings. The Hall–Kier alpha value is -1.60. The van der Waals surface area contributed by atoms with Crippen molar-refractivity contribution in [3.8, 4) is 5.88 Å². The quantitative estimate of drug-likeness (QED) is 0.659. The minimum absolute atomic E-state index is 0.317. The molecular weight excluding hydrogens is 224 g/mol. The van der Waals surface area contributed by atoms with Gasteiger partial charge in [-0.2, -0.15) is 4.98 Å². The summed E-state index contributed by atoms with van der Waals surface area (Å²) in [4.78, 5) is 7.87. The summed E-state index contributed by atoms with van der Waals surface area (Å²) in [7, 11) is 1.49. The zero-order chi connectivity index (χ0) is 12.3. The molecule has 0 amide bonds. The molecule has 1 aromatic heterocycles. The van der Waals surface area contributed by atoms with Crippen LogP contribution in [0, 0.1) is 0 Å². The molecule has 0 radical (unpaired) electrons. The number of aromatic nitrogens is 2. The van der Waals surface area contributed by atoms with E-state index >= 15 is 0 Å². The van der Waals surface area contributed by atoms with Gasteiger partial charge >= 0.3 is 0 Å². The lowest BCUT2D eigenvalue weighted by Gasteiger charge is -2.21. The van der Waals surface area contributed by atoms with Crippen molar-refractivity contribution >= 4 is 11.5 Å². The number of rotatable bonds is 4. The van der Waals surface area contributed by atoms with Crippen LogP contribution in [-0.2, 0) is 4.74 Å². The van der Waals surface area contributed by atoms with Gasteiger partial charge in [-0.05, 0) is 0 Å². The van der Waals surface area contributed by atoms with E-state index in [4.69, 9.17) is 15.2 Å². The molecule has 0 bridgehead atoms. The fourth-order valence-corrected chi connectivity index (χ4v) is 1.67. The highest BCUT2D eigenvalue weighted by atomic mass is 16.5. The van der Waals surface area contributed by atoms with E-state index in [2.05, 4.69) is 15.3 Å². The SMILES string of the molecule is COc1ncnc(NCC2(O)CCOC2)c1N. The molecule has 17 heavy (non-hydrogen) atoms. The monoisotopic (exact) mass is 240 g/mol. The Balaban J connectivity index is 2.03. The molecular formula is C10H16N4O3. The molecule has 1 atom stereocenters. The third-order valence-corrected chi connectivity index (χ3v) is 2.71. The summed E-state index contributed by atoms with van der Waals surface area (Å²) in [6.45, 7) is 1.22. The van der Waals surface area contributed by atoms with Crippen molar-refractivity contribution in [1.82, 2.24) is 9.97 Å². The topological polar surface area (TPSA) is 103 Å². The van der Waals surface area contributed by atoms with Crippen molar-refractivity contribution in [3.05, 3.63) is 6.33 Å². The number of nitrogens with zero attached hydrogens (tertiary/aromatic N) is 2. The number of nitrogens with one attached hydrogen (secondary N) is 1. The molecule has 1 aliphatic heterocycles. The predicted octanol–water partition coefficient (Wildman–Crippen LogP) is -0.369. The van der Waals surface area contributed by atoms with E-state index < -0.39 is 5.60 Å². The maximum absolute atomic E-state index is 10.1. The first-order valence-electron chi connectivity index (χ1n) is 5.33. The van der Waals surface area contributed by atoms with Crippen molar-refractivity contribution in [2.75, 3.05) is 37.9 Å². The lowest BCUT2D eigenvalue weighted by Crippen LogP contribution is -2.37. The third kappa shape index (κ3) is 2.56. The van der Waals surface area contributed by atoms with Gasteiger partial charge in [-0.25, -0.2) is 4.98 Å². The van der Waals surface area contributed by atoms with Gasteiger partial charge in [0.1, 0.15) is 17.6 Å². The zero-order valence-corrected chi connectivity index (χ0v) is 9.64. The predicted molar refractivity (Wildman–Crippen MR) is 61.9 cm³/mol. The van der Waals surface area contributed by atoms with Crippen LogP contribution in [0.15, 0.2) is 6.33 Å². The van der Waals surface area contributed by atoms with Crippen molar-refractivity contribution in [1.29, 1.82) is 0 Å². The minimum Gasteiger partial charge on any atom is -0.479 e. The van der Waals surface area contributed by atoms with Gasteiger partial charge in [0.05, 0.1) is 13.7 Å². The van der Waals surface area contributed by atoms with Crippen molar-refractivity contribution < 1.29 is 14.6 Å². The molecule has 1 fully saturated rings. The smallest absolute Gasteiger partial charge is 0.242 e. The molecule has 0 aliphatic carbocycles. The molecule has 1 aromatic rings. The largest absolute Gasteiger partial charge is 0.479 e. The molecule has 2 rings (SSSR count). The molecule has 2 heterocycles. The van der Waals surface area contributed by atoms with Crippen LogP contribution in [0.3, 0.4) is 0 Å². The maximum Gasteiger partial charge on any atom is 0.242 e. The number of nitrogens with two attached hydrogens (primary N) is 1. The highest BCUT2D eigenvalue weighted by Crippen LogP contribution is 2.25. The zero-order valence-electron chi connectivity index (χ0n) is 9.64. The van der Waals surface area contributed by atoms with Crippen molar-refractivity contribution in [3.63, 3.8) is 0 Å². The summed E-state index contributed by atoms with van der Waals surface area (Å²) in [5.74, 6) is 0.773. The van der Waals surface area contributed by atoms with Crippen LogP contribution < -0.4 is 15.8 Å². The lowest BCUT2D eigenvalue weighted by molar-refractivity contribution is 0.0381. The molecule has 0 aromatic carbocycles. The number of hydrogen-bond acceptors (Lipinski definition) is 7. The van der Waals surface area contributed by atoms with Gasteiger partial charge in [-0.1, -0.05) is 0 Å². The second kappa shape index (κ2) is 4.72. The molecule has 0 saturated carbocycles. The van der Waals surface area contributed by atoms with Gasteiger partial charge in [0.2, 0.25) is 5.88 Å². The van der Waals surface area contributed by atoms with E-state index in [0.29, 0.717) is 43.6 Å². The number of aliphatic hydroxyl groups is 1. The summed E-state index contributed by atoms with van der Waals surface area (Å²) in [6, 6.07) is 0.